The minimum absolute atomic E-state index is 0.120. The molecule has 2 rings (SSSR count). The lowest BCUT2D eigenvalue weighted by atomic mass is 9.93. The van der Waals surface area contributed by atoms with Gasteiger partial charge in [-0.3, -0.25) is 4.21 Å². The molecule has 0 spiro atoms. The molecule has 130 valence electrons. The van der Waals surface area contributed by atoms with Gasteiger partial charge in [0, 0.05) is 33.9 Å². The number of alkyl halides is 2. The van der Waals surface area contributed by atoms with E-state index in [2.05, 4.69) is 17.0 Å². The fourth-order valence-electron chi connectivity index (χ4n) is 3.16. The lowest BCUT2D eigenvalue weighted by molar-refractivity contribution is -0.0498. The third kappa shape index (κ3) is 5.53. The van der Waals surface area contributed by atoms with Crippen LogP contribution in [0.1, 0.15) is 51.1 Å². The monoisotopic (exact) mass is 345 g/mol. The standard InChI is InChI=1S/C17H25F2NO2S/c1-3-23(21)16-6-4-5-14(11-16)20-12(2)13-7-9-15(10-8-13)22-17(18)19/h7-10,12,14,16-17,20H,3-6,11H2,1-2H3/t12-,14+,16+,23-/m0/s1. The van der Waals surface area contributed by atoms with Crippen LogP contribution >= 0.6 is 0 Å². The SMILES string of the molecule is CC[S@](=O)[C@@H]1CCC[C@@H](N[C@@H](C)c2ccc(OC(F)F)cc2)C1. The summed E-state index contributed by atoms with van der Waals surface area (Å²) >= 11 is 0. The van der Waals surface area contributed by atoms with E-state index in [0.29, 0.717) is 11.3 Å². The summed E-state index contributed by atoms with van der Waals surface area (Å²) in [6.45, 7) is 1.23. The van der Waals surface area contributed by atoms with Gasteiger partial charge < -0.3 is 10.1 Å². The van der Waals surface area contributed by atoms with Crippen molar-refractivity contribution >= 4 is 10.8 Å². The molecule has 4 atom stereocenters. The van der Waals surface area contributed by atoms with Crippen LogP contribution in [0.4, 0.5) is 8.78 Å². The van der Waals surface area contributed by atoms with Gasteiger partial charge >= 0.3 is 6.61 Å². The lowest BCUT2D eigenvalue weighted by Crippen LogP contribution is -2.39. The second-order valence-electron chi connectivity index (χ2n) is 5.99. The molecule has 1 aromatic rings. The molecule has 0 bridgehead atoms. The number of nitrogens with one attached hydrogen (secondary N) is 1. The number of ether oxygens (including phenoxy) is 1. The highest BCUT2D eigenvalue weighted by atomic mass is 32.2. The first-order chi connectivity index (χ1) is 11.0. The van der Waals surface area contributed by atoms with Crippen LogP contribution in [0.15, 0.2) is 24.3 Å². The summed E-state index contributed by atoms with van der Waals surface area (Å²) in [7, 11) is -0.730. The first-order valence-corrected chi connectivity index (χ1v) is 9.55. The molecule has 0 heterocycles. The van der Waals surface area contributed by atoms with Crippen LogP contribution in [0.25, 0.3) is 0 Å². The second-order valence-corrected chi connectivity index (χ2v) is 8.00. The molecule has 0 aliphatic heterocycles. The minimum atomic E-state index is -2.80. The lowest BCUT2D eigenvalue weighted by Gasteiger charge is -2.31. The van der Waals surface area contributed by atoms with Gasteiger partial charge in [-0.2, -0.15) is 8.78 Å². The summed E-state index contributed by atoms with van der Waals surface area (Å²) in [4.78, 5) is 0. The number of benzene rings is 1. The fourth-order valence-corrected chi connectivity index (χ4v) is 4.51. The van der Waals surface area contributed by atoms with E-state index in [1.54, 1.807) is 24.3 Å². The Labute approximate surface area is 139 Å². The predicted molar refractivity (Wildman–Crippen MR) is 89.4 cm³/mol. The summed E-state index contributed by atoms with van der Waals surface area (Å²) in [5.41, 5.74) is 1.03. The van der Waals surface area contributed by atoms with Crippen LogP contribution < -0.4 is 10.1 Å². The quantitative estimate of drug-likeness (QED) is 0.811. The first kappa shape index (κ1) is 18.3. The summed E-state index contributed by atoms with van der Waals surface area (Å²) < 4.78 is 40.7. The van der Waals surface area contributed by atoms with Crippen LogP contribution in [0, 0.1) is 0 Å². The van der Waals surface area contributed by atoms with E-state index >= 15 is 0 Å². The van der Waals surface area contributed by atoms with Crippen molar-refractivity contribution < 1.29 is 17.7 Å². The Hall–Kier alpha value is -1.01. The Bertz CT molecular complexity index is 510. The largest absolute Gasteiger partial charge is 0.435 e. The van der Waals surface area contributed by atoms with Gasteiger partial charge in [-0.15, -0.1) is 0 Å². The van der Waals surface area contributed by atoms with Crippen molar-refractivity contribution in [2.24, 2.45) is 0 Å². The molecule has 0 amide bonds. The molecule has 1 aromatic carbocycles. The second kappa shape index (κ2) is 8.73. The number of hydrogen-bond donors (Lipinski definition) is 1. The van der Waals surface area contributed by atoms with E-state index in [9.17, 15) is 13.0 Å². The van der Waals surface area contributed by atoms with E-state index in [0.717, 1.165) is 37.0 Å². The average Bonchev–Trinajstić information content (AvgIpc) is 2.54. The molecule has 0 aromatic heterocycles. The predicted octanol–water partition coefficient (Wildman–Crippen LogP) is 4.02. The highest BCUT2D eigenvalue weighted by molar-refractivity contribution is 7.85. The molecule has 1 N–H and O–H groups in total. The maximum Gasteiger partial charge on any atom is 0.387 e. The summed E-state index contributed by atoms with van der Waals surface area (Å²) in [6, 6.07) is 7.22. The zero-order chi connectivity index (χ0) is 16.8. The molecule has 6 heteroatoms. The van der Waals surface area contributed by atoms with Gasteiger partial charge in [-0.1, -0.05) is 25.5 Å². The maximum absolute atomic E-state index is 12.2. The zero-order valence-corrected chi connectivity index (χ0v) is 14.5. The number of hydrogen-bond acceptors (Lipinski definition) is 3. The van der Waals surface area contributed by atoms with Crippen LogP contribution in [-0.2, 0) is 10.8 Å². The Kier molecular flexibility index (Phi) is 6.96. The molecule has 1 fully saturated rings. The Morgan fingerprint density at radius 1 is 1.30 bits per heavy atom. The van der Waals surface area contributed by atoms with Gasteiger partial charge in [-0.25, -0.2) is 0 Å². The van der Waals surface area contributed by atoms with Crippen molar-refractivity contribution in [1.29, 1.82) is 0 Å². The van der Waals surface area contributed by atoms with Gasteiger partial charge in [-0.05, 0) is 43.9 Å². The van der Waals surface area contributed by atoms with E-state index < -0.39 is 17.4 Å². The van der Waals surface area contributed by atoms with E-state index in [4.69, 9.17) is 0 Å². The number of rotatable bonds is 7. The Morgan fingerprint density at radius 2 is 2.00 bits per heavy atom. The third-order valence-electron chi connectivity index (χ3n) is 4.37. The average molecular weight is 345 g/mol. The molecule has 0 unspecified atom stereocenters. The molecule has 0 radical (unpaired) electrons. The maximum atomic E-state index is 12.2. The van der Waals surface area contributed by atoms with Crippen molar-refractivity contribution in [2.45, 2.75) is 63.5 Å². The van der Waals surface area contributed by atoms with Crippen LogP contribution in [0.3, 0.4) is 0 Å². The highest BCUT2D eigenvalue weighted by Gasteiger charge is 2.26. The van der Waals surface area contributed by atoms with Gasteiger partial charge in [0.1, 0.15) is 5.75 Å². The van der Waals surface area contributed by atoms with Crippen LogP contribution in [0.5, 0.6) is 5.75 Å². The van der Waals surface area contributed by atoms with Crippen molar-refractivity contribution in [2.75, 3.05) is 5.75 Å². The molecule has 23 heavy (non-hydrogen) atoms. The van der Waals surface area contributed by atoms with Crippen molar-refractivity contribution in [3.05, 3.63) is 29.8 Å². The summed E-state index contributed by atoms with van der Waals surface area (Å²) in [5.74, 6) is 0.894. The molecule has 0 saturated heterocycles. The summed E-state index contributed by atoms with van der Waals surface area (Å²) in [5, 5.41) is 3.87. The van der Waals surface area contributed by atoms with Gasteiger partial charge in [0.2, 0.25) is 0 Å². The van der Waals surface area contributed by atoms with Crippen molar-refractivity contribution in [3.63, 3.8) is 0 Å². The highest BCUT2D eigenvalue weighted by Crippen LogP contribution is 2.26. The first-order valence-electron chi connectivity index (χ1n) is 8.17. The molecule has 1 aliphatic rings. The van der Waals surface area contributed by atoms with Crippen molar-refractivity contribution in [1.82, 2.24) is 5.32 Å². The number of halogens is 2. The smallest absolute Gasteiger partial charge is 0.387 e. The molecular weight excluding hydrogens is 320 g/mol. The topological polar surface area (TPSA) is 38.3 Å². The minimum Gasteiger partial charge on any atom is -0.435 e. The zero-order valence-electron chi connectivity index (χ0n) is 13.6. The molecule has 1 aliphatic carbocycles. The van der Waals surface area contributed by atoms with Gasteiger partial charge in [0.15, 0.2) is 0 Å². The Morgan fingerprint density at radius 3 is 2.61 bits per heavy atom. The van der Waals surface area contributed by atoms with E-state index in [1.807, 2.05) is 6.92 Å². The normalized spacial score (nSPS) is 24.4. The van der Waals surface area contributed by atoms with Crippen LogP contribution in [-0.4, -0.2) is 27.9 Å². The summed E-state index contributed by atoms with van der Waals surface area (Å²) in [6.07, 6.45) is 4.18. The fraction of sp³-hybridized carbons (Fsp3) is 0.647. The Balaban J connectivity index is 1.90. The van der Waals surface area contributed by atoms with Crippen molar-refractivity contribution in [3.8, 4) is 5.75 Å². The third-order valence-corrected chi connectivity index (χ3v) is 6.11. The van der Waals surface area contributed by atoms with E-state index in [1.165, 1.54) is 0 Å². The van der Waals surface area contributed by atoms with Gasteiger partial charge in [0.05, 0.1) is 0 Å². The van der Waals surface area contributed by atoms with E-state index in [-0.39, 0.29) is 11.8 Å². The van der Waals surface area contributed by atoms with Gasteiger partial charge in [0.25, 0.3) is 0 Å². The molecular formula is C17H25F2NO2S. The molecule has 3 nitrogen and oxygen atoms in total. The molecule has 1 saturated carbocycles. The van der Waals surface area contributed by atoms with Crippen LogP contribution in [0.2, 0.25) is 0 Å².